The molecule has 0 spiro atoms. The van der Waals surface area contributed by atoms with E-state index in [0.717, 1.165) is 31.4 Å². The molecule has 1 aliphatic heterocycles. The second-order valence-electron chi connectivity index (χ2n) is 9.85. The van der Waals surface area contributed by atoms with Gasteiger partial charge in [-0.1, -0.05) is 46.2 Å². The number of rotatable bonds is 9. The van der Waals surface area contributed by atoms with Crippen LogP contribution in [0, 0.1) is 23.7 Å². The molecule has 2 aliphatic rings. The summed E-state index contributed by atoms with van der Waals surface area (Å²) >= 11 is 1.35. The van der Waals surface area contributed by atoms with Gasteiger partial charge in [-0.25, -0.2) is 0 Å². The number of carbonyl (C=O) groups excluding carboxylic acids is 3. The van der Waals surface area contributed by atoms with Crippen molar-refractivity contribution >= 4 is 29.4 Å². The lowest BCUT2D eigenvalue weighted by Gasteiger charge is -2.31. The highest BCUT2D eigenvalue weighted by Gasteiger charge is 2.39. The first-order chi connectivity index (χ1) is 13.4. The van der Waals surface area contributed by atoms with Crippen LogP contribution >= 0.6 is 11.9 Å². The van der Waals surface area contributed by atoms with Crippen LogP contribution in [0.4, 0.5) is 0 Å². The second kappa shape index (κ2) is 9.78. The Labute approximate surface area is 180 Å². The average Bonchev–Trinajstić information content (AvgIpc) is 2.93. The molecule has 0 aromatic heterocycles. The van der Waals surface area contributed by atoms with Crippen molar-refractivity contribution in [2.24, 2.45) is 23.7 Å². The third-order valence-electron chi connectivity index (χ3n) is 6.20. The van der Waals surface area contributed by atoms with E-state index in [9.17, 15) is 14.4 Å². The van der Waals surface area contributed by atoms with Gasteiger partial charge in [-0.3, -0.25) is 19.1 Å². The zero-order valence-electron chi connectivity index (χ0n) is 18.9. The van der Waals surface area contributed by atoms with Gasteiger partial charge >= 0.3 is 0 Å². The highest BCUT2D eigenvalue weighted by Crippen LogP contribution is 2.36. The lowest BCUT2D eigenvalue weighted by atomic mass is 9.77. The van der Waals surface area contributed by atoms with Gasteiger partial charge in [0, 0.05) is 36.4 Å². The molecule has 5 nitrogen and oxygen atoms in total. The second-order valence-corrected chi connectivity index (χ2v) is 10.9. The molecule has 2 fully saturated rings. The molecule has 164 valence electrons. The molecule has 0 radical (unpaired) electrons. The van der Waals surface area contributed by atoms with Crippen molar-refractivity contribution < 1.29 is 14.4 Å². The first-order valence-corrected chi connectivity index (χ1v) is 11.8. The maximum absolute atomic E-state index is 12.9. The Morgan fingerprint density at radius 1 is 1.14 bits per heavy atom. The minimum atomic E-state index is -0.671. The molecule has 1 saturated heterocycles. The van der Waals surface area contributed by atoms with Crippen molar-refractivity contribution in [3.05, 3.63) is 12.3 Å². The summed E-state index contributed by atoms with van der Waals surface area (Å²) in [6.07, 6.45) is 4.46. The third kappa shape index (κ3) is 5.94. The molecule has 1 atom stereocenters. The predicted molar refractivity (Wildman–Crippen MR) is 119 cm³/mol. The average molecular weight is 423 g/mol. The largest absolute Gasteiger partial charge is 0.315 e. The first-order valence-electron chi connectivity index (χ1n) is 10.9. The Kier molecular flexibility index (Phi) is 8.14. The van der Waals surface area contributed by atoms with Crippen LogP contribution < -0.4 is 4.72 Å². The van der Waals surface area contributed by atoms with Crippen LogP contribution in [-0.4, -0.2) is 39.7 Å². The van der Waals surface area contributed by atoms with Gasteiger partial charge < -0.3 is 4.90 Å². The Hall–Kier alpha value is -1.14. The van der Waals surface area contributed by atoms with E-state index in [2.05, 4.69) is 11.3 Å². The molecule has 1 heterocycles. The van der Waals surface area contributed by atoms with Crippen LogP contribution in [0.1, 0.15) is 73.6 Å². The SMILES string of the molecule is C=C1CC(SNC(C)(C)C(=O)C(C)C)C(=O)N1CC1CCC(C(=O)C(C)C)CC1. The van der Waals surface area contributed by atoms with Crippen LogP contribution in [-0.2, 0) is 14.4 Å². The molecule has 0 bridgehead atoms. The van der Waals surface area contributed by atoms with Crippen LogP contribution in [0.5, 0.6) is 0 Å². The minimum Gasteiger partial charge on any atom is -0.315 e. The Morgan fingerprint density at radius 3 is 2.24 bits per heavy atom. The zero-order chi connectivity index (χ0) is 21.9. The number of nitrogens with zero attached hydrogens (tertiary/aromatic N) is 1. The molecule has 6 heteroatoms. The molecule has 1 unspecified atom stereocenters. The van der Waals surface area contributed by atoms with Crippen molar-refractivity contribution in [3.63, 3.8) is 0 Å². The summed E-state index contributed by atoms with van der Waals surface area (Å²) in [6.45, 7) is 16.3. The molecule has 0 aromatic carbocycles. The van der Waals surface area contributed by atoms with Gasteiger partial charge in [0.1, 0.15) is 11.0 Å². The number of carbonyl (C=O) groups is 3. The van der Waals surface area contributed by atoms with E-state index in [4.69, 9.17) is 0 Å². The number of ketones is 2. The molecule has 2 rings (SSSR count). The molecule has 1 saturated carbocycles. The van der Waals surface area contributed by atoms with Crippen molar-refractivity contribution in [2.75, 3.05) is 6.54 Å². The highest BCUT2D eigenvalue weighted by atomic mass is 32.2. The highest BCUT2D eigenvalue weighted by molar-refractivity contribution is 7.98. The monoisotopic (exact) mass is 422 g/mol. The number of likely N-dealkylation sites (tertiary alicyclic amines) is 1. The number of hydrogen-bond donors (Lipinski definition) is 1. The van der Waals surface area contributed by atoms with Crippen molar-refractivity contribution in [1.82, 2.24) is 9.62 Å². The Bertz CT molecular complexity index is 649. The maximum atomic E-state index is 12.9. The molecular weight excluding hydrogens is 384 g/mol. The normalized spacial score (nSPS) is 25.9. The zero-order valence-corrected chi connectivity index (χ0v) is 19.7. The number of Topliss-reactive ketones (excluding diaryl/α,β-unsaturated/α-hetero) is 2. The molecule has 1 amide bonds. The Balaban J connectivity index is 1.87. The molecule has 0 aromatic rings. The van der Waals surface area contributed by atoms with E-state index in [1.165, 1.54) is 11.9 Å². The lowest BCUT2D eigenvalue weighted by Crippen LogP contribution is -2.46. The fourth-order valence-electron chi connectivity index (χ4n) is 4.40. The maximum Gasteiger partial charge on any atom is 0.241 e. The van der Waals surface area contributed by atoms with Crippen molar-refractivity contribution in [2.45, 2.75) is 84.4 Å². The van der Waals surface area contributed by atoms with Gasteiger partial charge in [0.2, 0.25) is 5.91 Å². The van der Waals surface area contributed by atoms with Crippen molar-refractivity contribution in [3.8, 4) is 0 Å². The van der Waals surface area contributed by atoms with E-state index < -0.39 is 5.54 Å². The van der Waals surface area contributed by atoms with E-state index >= 15 is 0 Å². The number of allylic oxidation sites excluding steroid dienone is 1. The summed E-state index contributed by atoms with van der Waals surface area (Å²) in [5.41, 5.74) is 0.192. The minimum absolute atomic E-state index is 0.0541. The van der Waals surface area contributed by atoms with E-state index in [0.29, 0.717) is 24.7 Å². The first kappa shape index (κ1) is 24.1. The number of amides is 1. The van der Waals surface area contributed by atoms with E-state index in [1.807, 2.05) is 46.4 Å². The van der Waals surface area contributed by atoms with Crippen LogP contribution in [0.25, 0.3) is 0 Å². The number of hydrogen-bond acceptors (Lipinski definition) is 5. The van der Waals surface area contributed by atoms with Crippen LogP contribution in [0.2, 0.25) is 0 Å². The molecule has 29 heavy (non-hydrogen) atoms. The van der Waals surface area contributed by atoms with Crippen LogP contribution in [0.3, 0.4) is 0 Å². The third-order valence-corrected chi connectivity index (χ3v) is 7.48. The van der Waals surface area contributed by atoms with Gasteiger partial charge in [-0.15, -0.1) is 0 Å². The summed E-state index contributed by atoms with van der Waals surface area (Å²) in [5.74, 6) is 1.28. The van der Waals surface area contributed by atoms with E-state index in [-0.39, 0.29) is 34.7 Å². The van der Waals surface area contributed by atoms with Gasteiger partial charge in [0.05, 0.1) is 5.54 Å². The van der Waals surface area contributed by atoms with Gasteiger partial charge in [-0.05, 0) is 45.4 Å². The quantitative estimate of drug-likeness (QED) is 0.559. The predicted octanol–water partition coefficient (Wildman–Crippen LogP) is 4.37. The summed E-state index contributed by atoms with van der Waals surface area (Å²) in [5, 5.41) is -0.236. The molecule has 1 aliphatic carbocycles. The summed E-state index contributed by atoms with van der Waals surface area (Å²) in [6, 6.07) is 0. The summed E-state index contributed by atoms with van der Waals surface area (Å²) in [4.78, 5) is 39.3. The molecular formula is C23H38N2O3S. The molecule has 1 N–H and O–H groups in total. The fraction of sp³-hybridized carbons (Fsp3) is 0.783. The lowest BCUT2D eigenvalue weighted by molar-refractivity contribution is -0.129. The summed E-state index contributed by atoms with van der Waals surface area (Å²) < 4.78 is 3.23. The van der Waals surface area contributed by atoms with Crippen LogP contribution in [0.15, 0.2) is 12.3 Å². The summed E-state index contributed by atoms with van der Waals surface area (Å²) in [7, 11) is 0. The number of nitrogens with one attached hydrogen (secondary N) is 1. The van der Waals surface area contributed by atoms with E-state index in [1.54, 1.807) is 0 Å². The Morgan fingerprint density at radius 2 is 1.72 bits per heavy atom. The smallest absolute Gasteiger partial charge is 0.241 e. The topological polar surface area (TPSA) is 66.5 Å². The fourth-order valence-corrected chi connectivity index (χ4v) is 5.44. The standard InChI is InChI=1S/C23H38N2O3S/c1-14(2)20(26)18-10-8-17(9-11-18)13-25-16(5)12-19(22(25)28)29-24-23(6,7)21(27)15(3)4/h14-15,17-19,24H,5,8-13H2,1-4,6-7H3. The van der Waals surface area contributed by atoms with Gasteiger partial charge in [-0.2, -0.15) is 0 Å². The van der Waals surface area contributed by atoms with Gasteiger partial charge in [0.25, 0.3) is 0 Å². The van der Waals surface area contributed by atoms with Gasteiger partial charge in [0.15, 0.2) is 5.78 Å². The van der Waals surface area contributed by atoms with Crippen molar-refractivity contribution in [1.29, 1.82) is 0 Å².